The first-order valence-electron chi connectivity index (χ1n) is 6.69. The van der Waals surface area contributed by atoms with Gasteiger partial charge >= 0.3 is 0 Å². The van der Waals surface area contributed by atoms with Gasteiger partial charge in [-0.05, 0) is 24.5 Å². The summed E-state index contributed by atoms with van der Waals surface area (Å²) in [5, 5.41) is 1.19. The normalized spacial score (nSPS) is 14.9. The standard InChI is InChI=1S/C16H22N2/c1-4-16(17,12(2)3)11-14-10-9-13-7-5-6-8-15(13)18-14/h5-10,12H,4,11,17H2,1-3H3. The smallest absolute Gasteiger partial charge is 0.0705 e. The first-order chi connectivity index (χ1) is 8.55. The number of fused-ring (bicyclic) bond motifs is 1. The highest BCUT2D eigenvalue weighted by atomic mass is 14.8. The van der Waals surface area contributed by atoms with E-state index in [1.807, 2.05) is 12.1 Å². The fourth-order valence-corrected chi connectivity index (χ4v) is 2.28. The zero-order valence-electron chi connectivity index (χ0n) is 11.5. The number of pyridine rings is 1. The molecular weight excluding hydrogens is 220 g/mol. The average Bonchev–Trinajstić information content (AvgIpc) is 2.38. The van der Waals surface area contributed by atoms with Crippen LogP contribution in [0, 0.1) is 5.92 Å². The van der Waals surface area contributed by atoms with Crippen LogP contribution in [-0.4, -0.2) is 10.5 Å². The van der Waals surface area contributed by atoms with Crippen molar-refractivity contribution >= 4 is 10.9 Å². The summed E-state index contributed by atoms with van der Waals surface area (Å²) in [6, 6.07) is 12.4. The molecule has 0 aliphatic carbocycles. The SMILES string of the molecule is CCC(N)(Cc1ccc2ccccc2n1)C(C)C. The molecule has 2 heteroatoms. The van der Waals surface area contributed by atoms with Crippen LogP contribution in [0.15, 0.2) is 36.4 Å². The van der Waals surface area contributed by atoms with Crippen LogP contribution in [0.3, 0.4) is 0 Å². The lowest BCUT2D eigenvalue weighted by Gasteiger charge is -2.32. The summed E-state index contributed by atoms with van der Waals surface area (Å²) in [5.41, 5.74) is 8.46. The van der Waals surface area contributed by atoms with E-state index in [1.54, 1.807) is 0 Å². The minimum atomic E-state index is -0.157. The molecule has 0 bridgehead atoms. The number of nitrogens with two attached hydrogens (primary N) is 1. The fraction of sp³-hybridized carbons (Fsp3) is 0.438. The second kappa shape index (κ2) is 5.07. The van der Waals surface area contributed by atoms with Gasteiger partial charge in [-0.3, -0.25) is 4.98 Å². The predicted molar refractivity (Wildman–Crippen MR) is 77.5 cm³/mol. The molecule has 0 spiro atoms. The third-order valence-corrected chi connectivity index (χ3v) is 3.97. The molecule has 0 saturated heterocycles. The zero-order valence-corrected chi connectivity index (χ0v) is 11.5. The quantitative estimate of drug-likeness (QED) is 0.890. The van der Waals surface area contributed by atoms with Crippen molar-refractivity contribution in [1.82, 2.24) is 4.98 Å². The summed E-state index contributed by atoms with van der Waals surface area (Å²) in [4.78, 5) is 4.71. The lowest BCUT2D eigenvalue weighted by molar-refractivity contribution is 0.294. The minimum absolute atomic E-state index is 0.157. The topological polar surface area (TPSA) is 38.9 Å². The Morgan fingerprint density at radius 3 is 2.56 bits per heavy atom. The van der Waals surface area contributed by atoms with Crippen LogP contribution >= 0.6 is 0 Å². The Balaban J connectivity index is 2.31. The summed E-state index contributed by atoms with van der Waals surface area (Å²) in [6.07, 6.45) is 1.81. The van der Waals surface area contributed by atoms with Gasteiger partial charge in [0, 0.05) is 23.0 Å². The molecule has 2 N–H and O–H groups in total. The highest BCUT2D eigenvalue weighted by molar-refractivity contribution is 5.78. The molecule has 96 valence electrons. The van der Waals surface area contributed by atoms with Crippen LogP contribution in [0.25, 0.3) is 10.9 Å². The molecule has 0 aliphatic heterocycles. The molecule has 1 unspecified atom stereocenters. The van der Waals surface area contributed by atoms with Crippen molar-refractivity contribution in [3.05, 3.63) is 42.1 Å². The van der Waals surface area contributed by atoms with Gasteiger partial charge in [0.15, 0.2) is 0 Å². The number of para-hydroxylation sites is 1. The van der Waals surface area contributed by atoms with Crippen LogP contribution in [0.5, 0.6) is 0 Å². The second-order valence-electron chi connectivity index (χ2n) is 5.41. The first kappa shape index (κ1) is 13.0. The zero-order chi connectivity index (χ0) is 13.2. The van der Waals surface area contributed by atoms with Crippen LogP contribution in [0.4, 0.5) is 0 Å². The summed E-state index contributed by atoms with van der Waals surface area (Å²) in [7, 11) is 0. The van der Waals surface area contributed by atoms with E-state index < -0.39 is 0 Å². The molecule has 2 nitrogen and oxygen atoms in total. The van der Waals surface area contributed by atoms with Gasteiger partial charge in [-0.15, -0.1) is 0 Å². The van der Waals surface area contributed by atoms with Crippen molar-refractivity contribution in [1.29, 1.82) is 0 Å². The lowest BCUT2D eigenvalue weighted by atomic mass is 9.81. The van der Waals surface area contributed by atoms with Gasteiger partial charge in [-0.25, -0.2) is 0 Å². The van der Waals surface area contributed by atoms with Crippen molar-refractivity contribution < 1.29 is 0 Å². The maximum atomic E-state index is 6.48. The van der Waals surface area contributed by atoms with E-state index in [0.29, 0.717) is 5.92 Å². The highest BCUT2D eigenvalue weighted by Crippen LogP contribution is 2.23. The summed E-state index contributed by atoms with van der Waals surface area (Å²) >= 11 is 0. The van der Waals surface area contributed by atoms with Crippen LogP contribution in [0.1, 0.15) is 32.9 Å². The Morgan fingerprint density at radius 1 is 1.17 bits per heavy atom. The Morgan fingerprint density at radius 2 is 1.89 bits per heavy atom. The van der Waals surface area contributed by atoms with Gasteiger partial charge in [0.25, 0.3) is 0 Å². The minimum Gasteiger partial charge on any atom is -0.325 e. The van der Waals surface area contributed by atoms with Crippen LogP contribution in [-0.2, 0) is 6.42 Å². The monoisotopic (exact) mass is 242 g/mol. The molecule has 0 radical (unpaired) electrons. The van der Waals surface area contributed by atoms with Gasteiger partial charge < -0.3 is 5.73 Å². The van der Waals surface area contributed by atoms with Gasteiger partial charge in [0.2, 0.25) is 0 Å². The van der Waals surface area contributed by atoms with E-state index in [1.165, 1.54) is 5.39 Å². The van der Waals surface area contributed by atoms with Crippen molar-refractivity contribution in [3.63, 3.8) is 0 Å². The van der Waals surface area contributed by atoms with E-state index in [0.717, 1.165) is 24.1 Å². The highest BCUT2D eigenvalue weighted by Gasteiger charge is 2.27. The van der Waals surface area contributed by atoms with Crippen molar-refractivity contribution in [3.8, 4) is 0 Å². The first-order valence-corrected chi connectivity index (χ1v) is 6.69. The van der Waals surface area contributed by atoms with Gasteiger partial charge in [0.05, 0.1) is 5.52 Å². The van der Waals surface area contributed by atoms with Crippen molar-refractivity contribution in [2.45, 2.75) is 39.2 Å². The Labute approximate surface area is 109 Å². The average molecular weight is 242 g/mol. The summed E-state index contributed by atoms with van der Waals surface area (Å²) in [6.45, 7) is 6.52. The van der Waals surface area contributed by atoms with Gasteiger partial charge in [-0.2, -0.15) is 0 Å². The van der Waals surface area contributed by atoms with E-state index in [4.69, 9.17) is 10.7 Å². The maximum Gasteiger partial charge on any atom is 0.0705 e. The molecule has 0 amide bonds. The molecule has 0 fully saturated rings. The number of aromatic nitrogens is 1. The molecular formula is C16H22N2. The predicted octanol–water partition coefficient (Wildman–Crippen LogP) is 3.54. The summed E-state index contributed by atoms with van der Waals surface area (Å²) in [5.74, 6) is 0.454. The number of hydrogen-bond donors (Lipinski definition) is 1. The second-order valence-corrected chi connectivity index (χ2v) is 5.41. The van der Waals surface area contributed by atoms with Crippen LogP contribution < -0.4 is 5.73 Å². The van der Waals surface area contributed by atoms with Crippen molar-refractivity contribution in [2.24, 2.45) is 11.7 Å². The molecule has 1 aromatic carbocycles. The van der Waals surface area contributed by atoms with E-state index in [9.17, 15) is 0 Å². The number of rotatable bonds is 4. The molecule has 0 saturated carbocycles. The van der Waals surface area contributed by atoms with E-state index >= 15 is 0 Å². The number of nitrogens with zero attached hydrogens (tertiary/aromatic N) is 1. The molecule has 1 aromatic heterocycles. The largest absolute Gasteiger partial charge is 0.325 e. The van der Waals surface area contributed by atoms with E-state index in [-0.39, 0.29) is 5.54 Å². The third kappa shape index (κ3) is 2.54. The van der Waals surface area contributed by atoms with Crippen molar-refractivity contribution in [2.75, 3.05) is 0 Å². The van der Waals surface area contributed by atoms with Gasteiger partial charge in [-0.1, -0.05) is 45.0 Å². The summed E-state index contributed by atoms with van der Waals surface area (Å²) < 4.78 is 0. The molecule has 0 aliphatic rings. The Kier molecular flexibility index (Phi) is 3.67. The van der Waals surface area contributed by atoms with E-state index in [2.05, 4.69) is 45.0 Å². The number of benzene rings is 1. The molecule has 18 heavy (non-hydrogen) atoms. The maximum absolute atomic E-state index is 6.48. The molecule has 2 aromatic rings. The fourth-order valence-electron chi connectivity index (χ4n) is 2.28. The molecule has 1 heterocycles. The number of hydrogen-bond acceptors (Lipinski definition) is 2. The molecule has 2 rings (SSSR count). The Bertz CT molecular complexity index is 533. The third-order valence-electron chi connectivity index (χ3n) is 3.97. The molecule has 1 atom stereocenters. The lowest BCUT2D eigenvalue weighted by Crippen LogP contribution is -2.46. The Hall–Kier alpha value is -1.41. The van der Waals surface area contributed by atoms with Gasteiger partial charge in [0.1, 0.15) is 0 Å². The van der Waals surface area contributed by atoms with Crippen LogP contribution in [0.2, 0.25) is 0 Å².